The number of nitro groups is 1. The maximum atomic E-state index is 12.1. The second-order valence-corrected chi connectivity index (χ2v) is 4.32. The highest BCUT2D eigenvalue weighted by Gasteiger charge is 2.41. The first kappa shape index (κ1) is 15.1. The summed E-state index contributed by atoms with van der Waals surface area (Å²) in [5.74, 6) is -3.95. The molecule has 2 N–H and O–H groups in total. The third-order valence-corrected chi connectivity index (χ3v) is 2.91. The Kier molecular flexibility index (Phi) is 3.84. The Morgan fingerprint density at radius 1 is 1.27 bits per heavy atom. The van der Waals surface area contributed by atoms with Gasteiger partial charge in [0.2, 0.25) is 5.91 Å². The molecule has 3 amide bonds. The fraction of sp³-hybridized carbons (Fsp3) is 0.167. The van der Waals surface area contributed by atoms with Crippen molar-refractivity contribution in [3.05, 3.63) is 39.4 Å². The van der Waals surface area contributed by atoms with Crippen LogP contribution in [0, 0.1) is 10.1 Å². The van der Waals surface area contributed by atoms with Crippen molar-refractivity contribution < 1.29 is 29.2 Å². The van der Waals surface area contributed by atoms with Crippen molar-refractivity contribution >= 4 is 29.4 Å². The van der Waals surface area contributed by atoms with E-state index in [-0.39, 0.29) is 11.1 Å². The van der Waals surface area contributed by atoms with Crippen molar-refractivity contribution in [2.45, 2.75) is 0 Å². The molecule has 0 saturated carbocycles. The Balaban J connectivity index is 2.24. The molecule has 10 heteroatoms. The third kappa shape index (κ3) is 2.61. The lowest BCUT2D eigenvalue weighted by Gasteiger charge is -2.12. The van der Waals surface area contributed by atoms with Crippen LogP contribution in [0.1, 0.15) is 20.7 Å². The van der Waals surface area contributed by atoms with Gasteiger partial charge in [-0.25, -0.2) is 0 Å². The van der Waals surface area contributed by atoms with E-state index in [0.717, 1.165) is 6.07 Å². The van der Waals surface area contributed by atoms with Crippen LogP contribution >= 0.6 is 0 Å². The first-order chi connectivity index (χ1) is 10.3. The number of aliphatic carboxylic acids is 1. The Hall–Kier alpha value is -3.30. The van der Waals surface area contributed by atoms with Crippen LogP contribution in [-0.2, 0) is 9.59 Å². The molecule has 10 nitrogen and oxygen atoms in total. The Morgan fingerprint density at radius 2 is 1.95 bits per heavy atom. The van der Waals surface area contributed by atoms with Crippen LogP contribution in [0.4, 0.5) is 5.69 Å². The first-order valence-electron chi connectivity index (χ1n) is 5.95. The molecule has 22 heavy (non-hydrogen) atoms. The summed E-state index contributed by atoms with van der Waals surface area (Å²) < 4.78 is 0. The second kappa shape index (κ2) is 5.60. The number of benzene rings is 1. The number of nitrogens with zero attached hydrogens (tertiary/aromatic N) is 2. The number of rotatable bonds is 5. The highest BCUT2D eigenvalue weighted by atomic mass is 16.6. The number of amides is 3. The molecule has 0 aromatic heterocycles. The maximum absolute atomic E-state index is 12.1. The predicted molar refractivity (Wildman–Crippen MR) is 69.1 cm³/mol. The average Bonchev–Trinajstić information content (AvgIpc) is 2.70. The van der Waals surface area contributed by atoms with E-state index < -0.39 is 47.4 Å². The van der Waals surface area contributed by atoms with E-state index in [2.05, 4.69) is 0 Å². The summed E-state index contributed by atoms with van der Waals surface area (Å²) in [7, 11) is 0. The molecule has 1 heterocycles. The van der Waals surface area contributed by atoms with E-state index in [4.69, 9.17) is 5.11 Å². The van der Waals surface area contributed by atoms with Gasteiger partial charge in [0.05, 0.1) is 10.5 Å². The summed E-state index contributed by atoms with van der Waals surface area (Å²) in [4.78, 5) is 56.6. The van der Waals surface area contributed by atoms with Crippen LogP contribution in [0.15, 0.2) is 18.2 Å². The van der Waals surface area contributed by atoms with Crippen molar-refractivity contribution in [2.75, 3.05) is 13.1 Å². The minimum atomic E-state index is -1.29. The zero-order valence-electron chi connectivity index (χ0n) is 10.9. The number of hydrogen-bond donors (Lipinski definition) is 2. The number of hydrogen-bond acceptors (Lipinski definition) is 6. The van der Waals surface area contributed by atoms with Crippen LogP contribution in [0.3, 0.4) is 0 Å². The predicted octanol–water partition coefficient (Wildman–Crippen LogP) is -0.608. The van der Waals surface area contributed by atoms with Gasteiger partial charge in [0.25, 0.3) is 17.5 Å². The molecule has 114 valence electrons. The van der Waals surface area contributed by atoms with Crippen molar-refractivity contribution in [1.29, 1.82) is 0 Å². The molecule has 0 unspecified atom stereocenters. The van der Waals surface area contributed by atoms with Gasteiger partial charge in [-0.05, 0) is 6.07 Å². The van der Waals surface area contributed by atoms with Crippen LogP contribution in [0.2, 0.25) is 0 Å². The van der Waals surface area contributed by atoms with Gasteiger partial charge >= 0.3 is 5.97 Å². The van der Waals surface area contributed by atoms with Gasteiger partial charge < -0.3 is 10.4 Å². The van der Waals surface area contributed by atoms with E-state index in [9.17, 15) is 29.3 Å². The molecule has 1 aliphatic heterocycles. The summed E-state index contributed by atoms with van der Waals surface area (Å²) in [6, 6.07) is 3.59. The average molecular weight is 307 g/mol. The number of carbonyl (C=O) groups excluding carboxylic acids is 3. The van der Waals surface area contributed by atoms with Crippen LogP contribution in [0.25, 0.3) is 0 Å². The highest BCUT2D eigenvalue weighted by molar-refractivity contribution is 6.24. The summed E-state index contributed by atoms with van der Waals surface area (Å²) in [6.07, 6.45) is 0. The van der Waals surface area contributed by atoms with Gasteiger partial charge in [-0.2, -0.15) is 0 Å². The van der Waals surface area contributed by atoms with Crippen molar-refractivity contribution in [3.63, 3.8) is 0 Å². The van der Waals surface area contributed by atoms with Crippen LogP contribution in [-0.4, -0.2) is 51.7 Å². The van der Waals surface area contributed by atoms with Gasteiger partial charge in [-0.15, -0.1) is 0 Å². The molecular formula is C12H9N3O7. The van der Waals surface area contributed by atoms with Crippen molar-refractivity contribution in [3.8, 4) is 0 Å². The zero-order valence-corrected chi connectivity index (χ0v) is 10.9. The fourth-order valence-corrected chi connectivity index (χ4v) is 1.99. The number of nitro benzene ring substituents is 1. The molecular weight excluding hydrogens is 298 g/mol. The Morgan fingerprint density at radius 3 is 2.55 bits per heavy atom. The molecule has 1 aliphatic rings. The van der Waals surface area contributed by atoms with E-state index in [1.165, 1.54) is 12.1 Å². The second-order valence-electron chi connectivity index (χ2n) is 4.32. The minimum Gasteiger partial charge on any atom is -0.480 e. The van der Waals surface area contributed by atoms with E-state index in [0.29, 0.717) is 4.90 Å². The fourth-order valence-electron chi connectivity index (χ4n) is 1.99. The lowest BCUT2D eigenvalue weighted by atomic mass is 10.1. The smallest absolute Gasteiger partial charge is 0.322 e. The number of carboxylic acids is 1. The number of fused-ring (bicyclic) bond motifs is 1. The molecule has 0 aliphatic carbocycles. The number of imide groups is 1. The van der Waals surface area contributed by atoms with Crippen LogP contribution in [0.5, 0.6) is 0 Å². The molecule has 0 radical (unpaired) electrons. The van der Waals surface area contributed by atoms with Crippen LogP contribution < -0.4 is 5.32 Å². The molecule has 0 atom stereocenters. The third-order valence-electron chi connectivity index (χ3n) is 2.91. The van der Waals surface area contributed by atoms with Gasteiger partial charge in [0, 0.05) is 6.07 Å². The first-order valence-corrected chi connectivity index (χ1v) is 5.95. The van der Waals surface area contributed by atoms with Gasteiger partial charge in [-0.1, -0.05) is 6.07 Å². The largest absolute Gasteiger partial charge is 0.480 e. The van der Waals surface area contributed by atoms with E-state index in [1.54, 1.807) is 0 Å². The summed E-state index contributed by atoms with van der Waals surface area (Å²) in [6.45, 7) is -1.38. The maximum Gasteiger partial charge on any atom is 0.322 e. The molecule has 0 fully saturated rings. The topological polar surface area (TPSA) is 147 Å². The summed E-state index contributed by atoms with van der Waals surface area (Å²) >= 11 is 0. The SMILES string of the molecule is O=C(O)CNC(=O)CN1C(=O)c2cccc([N+](=O)[O-])c2C1=O. The van der Waals surface area contributed by atoms with Crippen molar-refractivity contribution in [1.82, 2.24) is 10.2 Å². The molecule has 2 rings (SSSR count). The molecule has 0 saturated heterocycles. The number of carbonyl (C=O) groups is 4. The standard InChI is InChI=1S/C12H9N3O7/c16-8(13-4-9(17)18)5-14-11(19)6-2-1-3-7(15(21)22)10(6)12(14)20/h1-3H,4-5H2,(H,13,16)(H,17,18). The molecule has 1 aromatic carbocycles. The molecule has 0 spiro atoms. The lowest BCUT2D eigenvalue weighted by molar-refractivity contribution is -0.385. The number of carboxylic acid groups (broad SMARTS) is 1. The molecule has 1 aromatic rings. The van der Waals surface area contributed by atoms with Crippen molar-refractivity contribution in [2.24, 2.45) is 0 Å². The van der Waals surface area contributed by atoms with E-state index in [1.807, 2.05) is 5.32 Å². The van der Waals surface area contributed by atoms with Gasteiger partial charge in [0.15, 0.2) is 0 Å². The monoisotopic (exact) mass is 307 g/mol. The Labute approximate surface area is 122 Å². The Bertz CT molecular complexity index is 713. The lowest BCUT2D eigenvalue weighted by Crippen LogP contribution is -2.41. The van der Waals surface area contributed by atoms with Gasteiger partial charge in [-0.3, -0.25) is 34.2 Å². The molecule has 0 bridgehead atoms. The number of nitrogens with one attached hydrogen (secondary N) is 1. The quantitative estimate of drug-likeness (QED) is 0.419. The van der Waals surface area contributed by atoms with E-state index >= 15 is 0 Å². The minimum absolute atomic E-state index is 0.162. The summed E-state index contributed by atoms with van der Waals surface area (Å²) in [5.41, 5.74) is -1.06. The normalized spacial score (nSPS) is 13.0. The zero-order chi connectivity index (χ0) is 16.4. The highest BCUT2D eigenvalue weighted by Crippen LogP contribution is 2.30. The summed E-state index contributed by atoms with van der Waals surface area (Å²) in [5, 5.41) is 21.3. The van der Waals surface area contributed by atoms with Gasteiger partial charge in [0.1, 0.15) is 18.7 Å².